The Morgan fingerprint density at radius 2 is 1.33 bits per heavy atom. The molecule has 3 aliphatic carbocycles. The van der Waals surface area contributed by atoms with Crippen LogP contribution in [0.2, 0.25) is 0 Å². The van der Waals surface area contributed by atoms with E-state index in [1.807, 2.05) is 0 Å². The maximum atomic E-state index is 5.74. The van der Waals surface area contributed by atoms with Crippen LogP contribution in [0.25, 0.3) is 0 Å². The third-order valence-corrected chi connectivity index (χ3v) is 7.44. The summed E-state index contributed by atoms with van der Waals surface area (Å²) in [4.78, 5) is 0. The Morgan fingerprint density at radius 3 is 1.89 bits per heavy atom. The maximum absolute atomic E-state index is 5.74. The first-order chi connectivity index (χ1) is 13.3. The van der Waals surface area contributed by atoms with Gasteiger partial charge in [0, 0.05) is 0 Å². The molecule has 2 heteroatoms. The van der Waals surface area contributed by atoms with Gasteiger partial charge in [0.2, 0.25) is 0 Å². The van der Waals surface area contributed by atoms with E-state index >= 15 is 0 Å². The zero-order valence-electron chi connectivity index (χ0n) is 16.5. The minimum absolute atomic E-state index is 0.749. The molecule has 0 aromatic heterocycles. The van der Waals surface area contributed by atoms with Gasteiger partial charge in [0.25, 0.3) is 0 Å². The summed E-state index contributed by atoms with van der Waals surface area (Å²) in [5.74, 6) is 5.27. The number of ether oxygens (including phenoxy) is 2. The standard InChI is InChI=1S/C25H30O2/c1-3-27-19-7-11-21-17(15-19)5-9-25-23(21)13-12-22-20-10-6-18(26-2)14-16(20)4-8-24(22)25/h6-7,10-11,14-15,22-25H,3-5,8-9,12-13H2,1-2H3/t22-,23-,24-,25+/m0/s1. The fraction of sp³-hybridized carbons (Fsp3) is 0.520. The first-order valence-electron chi connectivity index (χ1n) is 10.7. The zero-order chi connectivity index (χ0) is 18.4. The second kappa shape index (κ2) is 6.89. The number of benzene rings is 2. The van der Waals surface area contributed by atoms with Crippen molar-refractivity contribution in [3.05, 3.63) is 58.7 Å². The molecule has 0 saturated heterocycles. The fourth-order valence-electron chi connectivity index (χ4n) is 6.34. The predicted molar refractivity (Wildman–Crippen MR) is 109 cm³/mol. The van der Waals surface area contributed by atoms with Crippen LogP contribution in [-0.4, -0.2) is 13.7 Å². The van der Waals surface area contributed by atoms with Crippen molar-refractivity contribution < 1.29 is 9.47 Å². The Kier molecular flexibility index (Phi) is 4.38. The highest BCUT2D eigenvalue weighted by Gasteiger charge is 2.44. The molecule has 0 aliphatic heterocycles. The van der Waals surface area contributed by atoms with Crippen LogP contribution < -0.4 is 9.47 Å². The third kappa shape index (κ3) is 2.85. The summed E-state index contributed by atoms with van der Waals surface area (Å²) in [6, 6.07) is 13.7. The van der Waals surface area contributed by atoms with Gasteiger partial charge in [-0.1, -0.05) is 12.1 Å². The van der Waals surface area contributed by atoms with E-state index in [1.54, 1.807) is 23.8 Å². The molecule has 0 spiro atoms. The highest BCUT2D eigenvalue weighted by Crippen LogP contribution is 2.56. The largest absolute Gasteiger partial charge is 0.497 e. The van der Waals surface area contributed by atoms with Crippen molar-refractivity contribution in [1.29, 1.82) is 0 Å². The summed E-state index contributed by atoms with van der Waals surface area (Å²) in [5, 5.41) is 0. The lowest BCUT2D eigenvalue weighted by Gasteiger charge is -2.49. The SMILES string of the molecule is CCOc1ccc2c(c1)CC[C@H]1[C@H]3CCc4cc(OC)ccc4[C@@H]3CC[C@@H]21. The average Bonchev–Trinajstić information content (AvgIpc) is 2.72. The van der Waals surface area contributed by atoms with E-state index in [-0.39, 0.29) is 0 Å². The van der Waals surface area contributed by atoms with E-state index in [0.717, 1.165) is 41.8 Å². The van der Waals surface area contributed by atoms with Gasteiger partial charge in [-0.3, -0.25) is 0 Å². The molecule has 0 unspecified atom stereocenters. The van der Waals surface area contributed by atoms with Crippen molar-refractivity contribution in [2.24, 2.45) is 11.8 Å². The Bertz CT molecular complexity index is 840. The molecule has 0 bridgehead atoms. The van der Waals surface area contributed by atoms with E-state index in [2.05, 4.69) is 43.3 Å². The van der Waals surface area contributed by atoms with Gasteiger partial charge in [0.1, 0.15) is 11.5 Å². The third-order valence-electron chi connectivity index (χ3n) is 7.44. The molecule has 1 fully saturated rings. The van der Waals surface area contributed by atoms with E-state index in [1.165, 1.54) is 44.1 Å². The highest BCUT2D eigenvalue weighted by molar-refractivity contribution is 5.43. The van der Waals surface area contributed by atoms with Gasteiger partial charge < -0.3 is 9.47 Å². The van der Waals surface area contributed by atoms with Gasteiger partial charge in [-0.15, -0.1) is 0 Å². The van der Waals surface area contributed by atoms with E-state index in [4.69, 9.17) is 9.47 Å². The number of rotatable bonds is 3. The molecule has 0 heterocycles. The smallest absolute Gasteiger partial charge is 0.119 e. The van der Waals surface area contributed by atoms with Gasteiger partial charge in [-0.2, -0.15) is 0 Å². The average molecular weight is 363 g/mol. The molecule has 1 saturated carbocycles. The molecular formula is C25H30O2. The lowest BCUT2D eigenvalue weighted by atomic mass is 9.56. The van der Waals surface area contributed by atoms with Crippen molar-refractivity contribution in [2.45, 2.75) is 57.3 Å². The van der Waals surface area contributed by atoms with Crippen LogP contribution in [-0.2, 0) is 12.8 Å². The molecule has 0 N–H and O–H groups in total. The second-order valence-electron chi connectivity index (χ2n) is 8.55. The molecule has 0 radical (unpaired) electrons. The van der Waals surface area contributed by atoms with Crippen LogP contribution in [0, 0.1) is 11.8 Å². The highest BCUT2D eigenvalue weighted by atomic mass is 16.5. The first-order valence-corrected chi connectivity index (χ1v) is 10.7. The quantitative estimate of drug-likeness (QED) is 0.679. The van der Waals surface area contributed by atoms with Crippen LogP contribution in [0.5, 0.6) is 11.5 Å². The predicted octanol–water partition coefficient (Wildman–Crippen LogP) is 5.88. The van der Waals surface area contributed by atoms with Crippen LogP contribution in [0.15, 0.2) is 36.4 Å². The summed E-state index contributed by atoms with van der Waals surface area (Å²) in [7, 11) is 1.77. The minimum atomic E-state index is 0.749. The Hall–Kier alpha value is -1.96. The Labute approximate surface area is 162 Å². The number of fused-ring (bicyclic) bond motifs is 7. The van der Waals surface area contributed by atoms with Crippen molar-refractivity contribution in [1.82, 2.24) is 0 Å². The molecule has 4 atom stereocenters. The summed E-state index contributed by atoms with van der Waals surface area (Å²) >= 11 is 0. The Morgan fingerprint density at radius 1 is 0.778 bits per heavy atom. The second-order valence-corrected chi connectivity index (χ2v) is 8.55. The number of aryl methyl sites for hydroxylation is 2. The summed E-state index contributed by atoms with van der Waals surface area (Å²) in [6.07, 6.45) is 7.79. The summed E-state index contributed by atoms with van der Waals surface area (Å²) < 4.78 is 11.2. The first kappa shape index (κ1) is 17.2. The van der Waals surface area contributed by atoms with Gasteiger partial charge >= 0.3 is 0 Å². The molecule has 2 nitrogen and oxygen atoms in total. The van der Waals surface area contributed by atoms with Crippen molar-refractivity contribution in [3.63, 3.8) is 0 Å². The van der Waals surface area contributed by atoms with Gasteiger partial charge in [0.15, 0.2) is 0 Å². The monoisotopic (exact) mass is 362 g/mol. The molecule has 27 heavy (non-hydrogen) atoms. The molecule has 0 amide bonds. The van der Waals surface area contributed by atoms with Gasteiger partial charge in [0.05, 0.1) is 13.7 Å². The fourth-order valence-corrected chi connectivity index (χ4v) is 6.34. The topological polar surface area (TPSA) is 18.5 Å². The number of hydrogen-bond acceptors (Lipinski definition) is 2. The Balaban J connectivity index is 1.43. The maximum Gasteiger partial charge on any atom is 0.119 e. The molecule has 2 aromatic carbocycles. The van der Waals surface area contributed by atoms with Crippen LogP contribution >= 0.6 is 0 Å². The van der Waals surface area contributed by atoms with Crippen molar-refractivity contribution in [3.8, 4) is 11.5 Å². The molecule has 5 rings (SSSR count). The van der Waals surface area contributed by atoms with Crippen molar-refractivity contribution >= 4 is 0 Å². The number of methoxy groups -OCH3 is 1. The van der Waals surface area contributed by atoms with Gasteiger partial charge in [-0.25, -0.2) is 0 Å². The van der Waals surface area contributed by atoms with E-state index in [0.29, 0.717) is 0 Å². The summed E-state index contributed by atoms with van der Waals surface area (Å²) in [6.45, 7) is 2.81. The van der Waals surface area contributed by atoms with Crippen LogP contribution in [0.4, 0.5) is 0 Å². The summed E-state index contributed by atoms with van der Waals surface area (Å²) in [5.41, 5.74) is 6.31. The van der Waals surface area contributed by atoms with Crippen LogP contribution in [0.1, 0.15) is 66.7 Å². The number of hydrogen-bond donors (Lipinski definition) is 0. The normalized spacial score (nSPS) is 28.4. The molecule has 3 aliphatic rings. The zero-order valence-corrected chi connectivity index (χ0v) is 16.5. The molecular weight excluding hydrogens is 332 g/mol. The van der Waals surface area contributed by atoms with Gasteiger partial charge in [-0.05, 0) is 116 Å². The lowest BCUT2D eigenvalue weighted by molar-refractivity contribution is 0.136. The molecule has 142 valence electrons. The van der Waals surface area contributed by atoms with Crippen molar-refractivity contribution in [2.75, 3.05) is 13.7 Å². The minimum Gasteiger partial charge on any atom is -0.497 e. The lowest BCUT2D eigenvalue weighted by Crippen LogP contribution is -2.38. The van der Waals surface area contributed by atoms with Crippen LogP contribution in [0.3, 0.4) is 0 Å². The molecule has 2 aromatic rings. The van der Waals surface area contributed by atoms with E-state index in [9.17, 15) is 0 Å². The van der Waals surface area contributed by atoms with E-state index < -0.39 is 0 Å².